The topological polar surface area (TPSA) is 169 Å². The molecule has 0 radical (unpaired) electrons. The summed E-state index contributed by atoms with van der Waals surface area (Å²) in [5.41, 5.74) is 5.88. The number of rotatable bonds is 8. The van der Waals surface area contributed by atoms with Gasteiger partial charge in [-0.15, -0.1) is 0 Å². The summed E-state index contributed by atoms with van der Waals surface area (Å²) in [5.74, 6) is -0.601. The normalized spacial score (nSPS) is 19.9. The first-order valence-corrected chi connectivity index (χ1v) is 14.9. The van der Waals surface area contributed by atoms with Crippen LogP contribution in [0.15, 0.2) is 34.3 Å². The van der Waals surface area contributed by atoms with Crippen LogP contribution in [0.25, 0.3) is 0 Å². The van der Waals surface area contributed by atoms with E-state index in [1.807, 2.05) is 27.7 Å². The molecular weight excluding hydrogens is 584 g/mol. The van der Waals surface area contributed by atoms with Crippen LogP contribution in [0, 0.1) is 5.41 Å². The lowest BCUT2D eigenvalue weighted by Gasteiger charge is -2.43. The number of carbonyl (C=O) groups is 3. The molecule has 1 spiro atoms. The number of anilines is 3. The SMILES string of the molecule is C[C@H]1OCC2(CCN(c3cnc(Sc4cccc(NC(=O)CCC(=O)O)c4Cl)c(N)n3)CC2)[C@H]1NC(=O)OC(C)(C)C. The first-order valence-electron chi connectivity index (χ1n) is 13.7. The van der Waals surface area contributed by atoms with E-state index in [1.165, 1.54) is 11.8 Å². The van der Waals surface area contributed by atoms with Crippen molar-refractivity contribution >= 4 is 58.7 Å². The number of halogens is 1. The average Bonchev–Trinajstić information content (AvgIpc) is 3.20. The van der Waals surface area contributed by atoms with E-state index in [9.17, 15) is 14.4 Å². The number of nitrogens with two attached hydrogens (primary N) is 1. The van der Waals surface area contributed by atoms with Gasteiger partial charge in [0.15, 0.2) is 5.82 Å². The number of benzene rings is 1. The summed E-state index contributed by atoms with van der Waals surface area (Å²) in [6.45, 7) is 9.43. The Labute approximate surface area is 254 Å². The highest BCUT2D eigenvalue weighted by Gasteiger charge is 2.50. The summed E-state index contributed by atoms with van der Waals surface area (Å²) in [7, 11) is 0. The molecular formula is C28H37ClN6O6S. The minimum Gasteiger partial charge on any atom is -0.481 e. The lowest BCUT2D eigenvalue weighted by Crippen LogP contribution is -2.55. The van der Waals surface area contributed by atoms with E-state index in [-0.39, 0.29) is 36.2 Å². The van der Waals surface area contributed by atoms with Crippen molar-refractivity contribution in [1.82, 2.24) is 15.3 Å². The minimum atomic E-state index is -1.05. The predicted molar refractivity (Wildman–Crippen MR) is 160 cm³/mol. The van der Waals surface area contributed by atoms with E-state index < -0.39 is 23.6 Å². The number of piperidine rings is 1. The molecule has 5 N–H and O–H groups in total. The summed E-state index contributed by atoms with van der Waals surface area (Å²) < 4.78 is 11.5. The molecule has 2 aromatic rings. The van der Waals surface area contributed by atoms with Gasteiger partial charge in [0.25, 0.3) is 0 Å². The zero-order chi connectivity index (χ0) is 30.7. The first kappa shape index (κ1) is 31.6. The minimum absolute atomic E-state index is 0.126. The Bertz CT molecular complexity index is 1330. The number of aromatic nitrogens is 2. The van der Waals surface area contributed by atoms with Crippen LogP contribution >= 0.6 is 23.4 Å². The maximum absolute atomic E-state index is 12.5. The number of carboxylic acid groups (broad SMARTS) is 1. The maximum Gasteiger partial charge on any atom is 0.407 e. The van der Waals surface area contributed by atoms with Crippen molar-refractivity contribution < 1.29 is 29.0 Å². The molecule has 0 aliphatic carbocycles. The number of alkyl carbamates (subject to hydrolysis) is 1. The monoisotopic (exact) mass is 620 g/mol. The summed E-state index contributed by atoms with van der Waals surface area (Å²) in [4.78, 5) is 47.2. The lowest BCUT2D eigenvalue weighted by molar-refractivity contribution is -0.138. The van der Waals surface area contributed by atoms with E-state index >= 15 is 0 Å². The van der Waals surface area contributed by atoms with Gasteiger partial charge in [0, 0.05) is 29.8 Å². The second-order valence-electron chi connectivity index (χ2n) is 11.6. The molecule has 3 heterocycles. The zero-order valence-corrected chi connectivity index (χ0v) is 25.7. The molecule has 2 atom stereocenters. The van der Waals surface area contributed by atoms with Crippen LogP contribution in [-0.2, 0) is 19.1 Å². The molecule has 42 heavy (non-hydrogen) atoms. The Balaban J connectivity index is 1.39. The van der Waals surface area contributed by atoms with E-state index in [0.717, 1.165) is 12.8 Å². The van der Waals surface area contributed by atoms with E-state index in [4.69, 9.17) is 31.9 Å². The van der Waals surface area contributed by atoms with Crippen LogP contribution in [0.3, 0.4) is 0 Å². The largest absolute Gasteiger partial charge is 0.481 e. The van der Waals surface area contributed by atoms with Gasteiger partial charge < -0.3 is 35.8 Å². The van der Waals surface area contributed by atoms with Crippen LogP contribution in [0.4, 0.5) is 22.1 Å². The molecule has 1 aromatic heterocycles. The number of nitrogens with zero attached hydrogens (tertiary/aromatic N) is 3. The third-order valence-corrected chi connectivity index (χ3v) is 8.87. The fraction of sp³-hybridized carbons (Fsp3) is 0.536. The van der Waals surface area contributed by atoms with E-state index in [0.29, 0.717) is 46.1 Å². The molecule has 0 unspecified atom stereocenters. The summed E-state index contributed by atoms with van der Waals surface area (Å²) in [5, 5.41) is 15.2. The highest BCUT2D eigenvalue weighted by atomic mass is 35.5. The van der Waals surface area contributed by atoms with Gasteiger partial charge in [-0.1, -0.05) is 29.4 Å². The predicted octanol–water partition coefficient (Wildman–Crippen LogP) is 4.57. The molecule has 2 aliphatic heterocycles. The lowest BCUT2D eigenvalue weighted by atomic mass is 9.73. The molecule has 2 amide bonds. The number of carboxylic acids is 1. The van der Waals surface area contributed by atoms with Crippen molar-refractivity contribution in [2.75, 3.05) is 35.6 Å². The van der Waals surface area contributed by atoms with Crippen LogP contribution in [0.5, 0.6) is 0 Å². The quantitative estimate of drug-likeness (QED) is 0.326. The number of hydrogen-bond donors (Lipinski definition) is 4. The van der Waals surface area contributed by atoms with Crippen molar-refractivity contribution in [3.05, 3.63) is 29.4 Å². The van der Waals surface area contributed by atoms with Gasteiger partial charge in [0.05, 0.1) is 42.1 Å². The Morgan fingerprint density at radius 3 is 2.62 bits per heavy atom. The summed E-state index contributed by atoms with van der Waals surface area (Å²) in [6, 6.07) is 4.97. The second kappa shape index (κ2) is 12.9. The van der Waals surface area contributed by atoms with E-state index in [1.54, 1.807) is 24.4 Å². The van der Waals surface area contributed by atoms with Crippen molar-refractivity contribution in [3.8, 4) is 0 Å². The number of nitrogens with one attached hydrogen (secondary N) is 2. The second-order valence-corrected chi connectivity index (χ2v) is 13.0. The van der Waals surface area contributed by atoms with Crippen molar-refractivity contribution in [3.63, 3.8) is 0 Å². The Morgan fingerprint density at radius 1 is 1.26 bits per heavy atom. The van der Waals surface area contributed by atoms with Crippen LogP contribution in [-0.4, -0.2) is 70.5 Å². The van der Waals surface area contributed by atoms with Crippen LogP contribution < -0.4 is 21.3 Å². The number of amides is 2. The molecule has 2 aliphatic rings. The van der Waals surface area contributed by atoms with Gasteiger partial charge in [0.2, 0.25) is 5.91 Å². The summed E-state index contributed by atoms with van der Waals surface area (Å²) >= 11 is 7.74. The highest BCUT2D eigenvalue weighted by molar-refractivity contribution is 7.99. The van der Waals surface area contributed by atoms with E-state index in [2.05, 4.69) is 25.5 Å². The van der Waals surface area contributed by atoms with Crippen LogP contribution in [0.2, 0.25) is 5.02 Å². The fourth-order valence-electron chi connectivity index (χ4n) is 5.16. The molecule has 2 fully saturated rings. The number of aliphatic carboxylic acids is 1. The highest BCUT2D eigenvalue weighted by Crippen LogP contribution is 2.43. The summed E-state index contributed by atoms with van der Waals surface area (Å²) in [6.07, 6.45) is 2.25. The van der Waals surface area contributed by atoms with Gasteiger partial charge in [-0.25, -0.2) is 14.8 Å². The number of nitrogen functional groups attached to an aromatic ring is 1. The number of carbonyl (C=O) groups excluding carboxylic acids is 2. The molecule has 1 aromatic carbocycles. The Morgan fingerprint density at radius 2 is 1.98 bits per heavy atom. The van der Waals surface area contributed by atoms with Gasteiger partial charge in [-0.2, -0.15) is 0 Å². The van der Waals surface area contributed by atoms with Gasteiger partial charge in [-0.05, 0) is 52.7 Å². The molecule has 0 bridgehead atoms. The molecule has 12 nitrogen and oxygen atoms in total. The molecule has 14 heteroatoms. The standard InChI is InChI=1S/C28H37ClN6O6S/c1-16-23(34-26(39)41-27(2,3)4)28(15-40-16)10-12-35(13-11-28)19-14-31-25(24(30)33-19)42-18-7-5-6-17(22(18)29)32-20(36)8-9-21(37)38/h5-7,14,16,23H,8-13,15H2,1-4H3,(H2,30,33)(H,32,36)(H,34,39)(H,37,38)/t16-,23+/m1/s1. The van der Waals surface area contributed by atoms with Gasteiger partial charge >= 0.3 is 12.1 Å². The smallest absolute Gasteiger partial charge is 0.407 e. The van der Waals surface area contributed by atoms with Crippen molar-refractivity contribution in [2.24, 2.45) is 5.41 Å². The molecule has 2 saturated heterocycles. The third-order valence-electron chi connectivity index (χ3n) is 7.28. The third kappa shape index (κ3) is 7.75. The maximum atomic E-state index is 12.5. The van der Waals surface area contributed by atoms with Crippen LogP contribution in [0.1, 0.15) is 53.4 Å². The molecule has 4 rings (SSSR count). The average molecular weight is 621 g/mol. The van der Waals surface area contributed by atoms with Crippen molar-refractivity contribution in [1.29, 1.82) is 0 Å². The van der Waals surface area contributed by atoms with Gasteiger partial charge in [-0.3, -0.25) is 9.59 Å². The molecule has 0 saturated carbocycles. The molecule has 228 valence electrons. The Hall–Kier alpha value is -3.29. The zero-order valence-electron chi connectivity index (χ0n) is 24.1. The van der Waals surface area contributed by atoms with Gasteiger partial charge in [0.1, 0.15) is 16.4 Å². The number of ether oxygens (including phenoxy) is 2. The van der Waals surface area contributed by atoms with Crippen molar-refractivity contribution in [2.45, 2.75) is 81.0 Å². The Kier molecular flexibility index (Phi) is 9.74. The number of hydrogen-bond acceptors (Lipinski definition) is 10. The first-order chi connectivity index (χ1) is 19.8. The fourth-order valence-corrected chi connectivity index (χ4v) is 6.26.